The Hall–Kier alpha value is -6.07. The topological polar surface area (TPSA) is 126 Å². The standard InChI is InChI=1S/C44H45F2N3O6/c1-30(2)38(49-43(53)55-29-33-17-9-4-10-18-33)41(51)47-37(27-31-23-25-36(26-24-31)54-28-32-15-7-3-8-16-32)40(50)44(45,46)42(52)48-39(34-19-11-5-12-20-34)35-21-13-6-14-22-35/h3-26,30,37-40,50H,27-29H2,1-2H3,(H,47,51)(H,48,52)(H,49,53)/t37?,38-,40?/m0/s1. The molecule has 3 atom stereocenters. The number of benzene rings is 5. The summed E-state index contributed by atoms with van der Waals surface area (Å²) in [5.74, 6) is -6.95. The van der Waals surface area contributed by atoms with Crippen molar-refractivity contribution in [2.75, 3.05) is 0 Å². The Kier molecular flexibility index (Phi) is 14.1. The molecule has 4 N–H and O–H groups in total. The van der Waals surface area contributed by atoms with Crippen LogP contribution >= 0.6 is 0 Å². The number of halogens is 2. The van der Waals surface area contributed by atoms with Gasteiger partial charge in [-0.1, -0.05) is 147 Å². The van der Waals surface area contributed by atoms with Gasteiger partial charge in [0.2, 0.25) is 5.91 Å². The van der Waals surface area contributed by atoms with Crippen LogP contribution in [0.2, 0.25) is 0 Å². The first-order valence-corrected chi connectivity index (χ1v) is 18.0. The van der Waals surface area contributed by atoms with Crippen LogP contribution in [0, 0.1) is 5.92 Å². The zero-order valence-corrected chi connectivity index (χ0v) is 30.6. The quantitative estimate of drug-likeness (QED) is 0.0801. The van der Waals surface area contributed by atoms with Crippen molar-refractivity contribution in [1.82, 2.24) is 16.0 Å². The van der Waals surface area contributed by atoms with Crippen molar-refractivity contribution in [3.8, 4) is 5.75 Å². The van der Waals surface area contributed by atoms with Crippen molar-refractivity contribution in [2.24, 2.45) is 5.92 Å². The molecule has 11 heteroatoms. The van der Waals surface area contributed by atoms with E-state index in [-0.39, 0.29) is 13.0 Å². The first-order valence-electron chi connectivity index (χ1n) is 18.0. The van der Waals surface area contributed by atoms with E-state index in [2.05, 4.69) is 16.0 Å². The molecule has 0 spiro atoms. The van der Waals surface area contributed by atoms with Crippen molar-refractivity contribution < 1.29 is 37.7 Å². The summed E-state index contributed by atoms with van der Waals surface area (Å²) in [7, 11) is 0. The van der Waals surface area contributed by atoms with E-state index < -0.39 is 54.0 Å². The highest BCUT2D eigenvalue weighted by Crippen LogP contribution is 2.28. The van der Waals surface area contributed by atoms with Crippen molar-refractivity contribution in [2.45, 2.75) is 63.6 Å². The molecule has 3 amide bonds. The Morgan fingerprint density at radius 1 is 0.636 bits per heavy atom. The first kappa shape index (κ1) is 40.1. The molecule has 0 saturated carbocycles. The highest BCUT2D eigenvalue weighted by Gasteiger charge is 2.51. The zero-order chi connectivity index (χ0) is 39.2. The molecule has 5 aromatic carbocycles. The smallest absolute Gasteiger partial charge is 0.408 e. The van der Waals surface area contributed by atoms with Gasteiger partial charge in [-0.3, -0.25) is 9.59 Å². The van der Waals surface area contributed by atoms with E-state index >= 15 is 8.78 Å². The maximum atomic E-state index is 16.2. The van der Waals surface area contributed by atoms with Crippen molar-refractivity contribution in [1.29, 1.82) is 0 Å². The fourth-order valence-corrected chi connectivity index (χ4v) is 5.92. The number of aliphatic hydroxyl groups excluding tert-OH is 1. The molecule has 0 bridgehead atoms. The van der Waals surface area contributed by atoms with E-state index in [0.29, 0.717) is 29.0 Å². The zero-order valence-electron chi connectivity index (χ0n) is 30.6. The number of carbonyl (C=O) groups excluding carboxylic acids is 3. The number of hydrogen-bond acceptors (Lipinski definition) is 6. The van der Waals surface area contributed by atoms with Gasteiger partial charge in [-0.2, -0.15) is 8.78 Å². The molecule has 0 aliphatic carbocycles. The monoisotopic (exact) mass is 749 g/mol. The predicted molar refractivity (Wildman–Crippen MR) is 205 cm³/mol. The van der Waals surface area contributed by atoms with Gasteiger partial charge in [-0.15, -0.1) is 0 Å². The van der Waals surface area contributed by atoms with Gasteiger partial charge in [0, 0.05) is 0 Å². The van der Waals surface area contributed by atoms with Gasteiger partial charge in [-0.25, -0.2) is 4.79 Å². The predicted octanol–water partition coefficient (Wildman–Crippen LogP) is 7.15. The lowest BCUT2D eigenvalue weighted by molar-refractivity contribution is -0.168. The van der Waals surface area contributed by atoms with Crippen LogP contribution in [0.4, 0.5) is 13.6 Å². The minimum Gasteiger partial charge on any atom is -0.489 e. The summed E-state index contributed by atoms with van der Waals surface area (Å²) in [5, 5.41) is 18.8. The average molecular weight is 750 g/mol. The van der Waals surface area contributed by atoms with Crippen LogP contribution in [0.3, 0.4) is 0 Å². The minimum atomic E-state index is -4.38. The van der Waals surface area contributed by atoms with Gasteiger partial charge >= 0.3 is 12.0 Å². The maximum absolute atomic E-state index is 16.2. The molecule has 2 unspecified atom stereocenters. The summed E-state index contributed by atoms with van der Waals surface area (Å²) in [6, 6.07) is 38.4. The number of alkyl carbamates (subject to hydrolysis) is 1. The number of alkyl halides is 2. The third-order valence-corrected chi connectivity index (χ3v) is 8.99. The summed E-state index contributed by atoms with van der Waals surface area (Å²) in [6.07, 6.45) is -3.87. The lowest BCUT2D eigenvalue weighted by Crippen LogP contribution is -2.61. The molecule has 286 valence electrons. The molecule has 0 aliphatic rings. The van der Waals surface area contributed by atoms with Crippen LogP contribution in [0.5, 0.6) is 5.75 Å². The first-order chi connectivity index (χ1) is 26.5. The lowest BCUT2D eigenvalue weighted by atomic mass is 9.94. The number of rotatable bonds is 17. The van der Waals surface area contributed by atoms with Crippen LogP contribution < -0.4 is 20.7 Å². The summed E-state index contributed by atoms with van der Waals surface area (Å²) < 4.78 is 43.6. The number of hydrogen-bond donors (Lipinski definition) is 4. The van der Waals surface area contributed by atoms with Crippen LogP contribution in [0.25, 0.3) is 0 Å². The Bertz CT molecular complexity index is 1910. The third-order valence-electron chi connectivity index (χ3n) is 8.99. The Balaban J connectivity index is 1.35. The van der Waals surface area contributed by atoms with E-state index in [1.54, 1.807) is 123 Å². The molecular formula is C44H45F2N3O6. The van der Waals surface area contributed by atoms with E-state index in [4.69, 9.17) is 9.47 Å². The Labute approximate surface area is 319 Å². The normalized spacial score (nSPS) is 13.0. The summed E-state index contributed by atoms with van der Waals surface area (Å²) >= 11 is 0. The average Bonchev–Trinajstić information content (AvgIpc) is 3.21. The number of aliphatic hydroxyl groups is 1. The van der Waals surface area contributed by atoms with Crippen LogP contribution in [0.15, 0.2) is 146 Å². The SMILES string of the molecule is CC(C)[C@H](NC(=O)OCc1ccccc1)C(=O)NC(Cc1ccc(OCc2ccccc2)cc1)C(O)C(F)(F)C(=O)NC(c1ccccc1)c1ccccc1. The van der Waals surface area contributed by atoms with Crippen LogP contribution in [0.1, 0.15) is 47.7 Å². The molecular weight excluding hydrogens is 704 g/mol. The molecule has 0 radical (unpaired) electrons. The largest absolute Gasteiger partial charge is 0.489 e. The number of ether oxygens (including phenoxy) is 2. The molecule has 9 nitrogen and oxygen atoms in total. The number of carbonyl (C=O) groups is 3. The highest BCUT2D eigenvalue weighted by atomic mass is 19.3. The van der Waals surface area contributed by atoms with Gasteiger partial charge in [0.15, 0.2) is 0 Å². The molecule has 0 heterocycles. The molecule has 0 aliphatic heterocycles. The van der Waals surface area contributed by atoms with E-state index in [0.717, 1.165) is 11.1 Å². The van der Waals surface area contributed by atoms with Gasteiger partial charge in [0.05, 0.1) is 12.1 Å². The number of amides is 3. The molecule has 0 fully saturated rings. The summed E-state index contributed by atoms with van der Waals surface area (Å²) in [4.78, 5) is 40.0. The molecule has 5 rings (SSSR count). The number of nitrogens with one attached hydrogen (secondary N) is 3. The van der Waals surface area contributed by atoms with Crippen molar-refractivity contribution in [3.63, 3.8) is 0 Å². The highest BCUT2D eigenvalue weighted by molar-refractivity contribution is 5.87. The lowest BCUT2D eigenvalue weighted by Gasteiger charge is -2.32. The van der Waals surface area contributed by atoms with Gasteiger partial charge in [0.1, 0.15) is 31.1 Å². The van der Waals surface area contributed by atoms with Crippen LogP contribution in [-0.4, -0.2) is 47.1 Å². The van der Waals surface area contributed by atoms with Gasteiger partial charge in [-0.05, 0) is 52.3 Å². The second kappa shape index (κ2) is 19.3. The van der Waals surface area contributed by atoms with Crippen molar-refractivity contribution in [3.05, 3.63) is 173 Å². The minimum absolute atomic E-state index is 0.0558. The van der Waals surface area contributed by atoms with E-state index in [1.807, 2.05) is 36.4 Å². The second-order valence-corrected chi connectivity index (χ2v) is 13.5. The maximum Gasteiger partial charge on any atom is 0.408 e. The third kappa shape index (κ3) is 11.5. The Morgan fingerprint density at radius 2 is 1.13 bits per heavy atom. The Morgan fingerprint density at radius 3 is 1.64 bits per heavy atom. The summed E-state index contributed by atoms with van der Waals surface area (Å²) in [5.41, 5.74) is 3.26. The fourth-order valence-electron chi connectivity index (χ4n) is 5.92. The fraction of sp³-hybridized carbons (Fsp3) is 0.250. The van der Waals surface area contributed by atoms with E-state index in [9.17, 15) is 19.5 Å². The molecule has 0 saturated heterocycles. The molecule has 0 aromatic heterocycles. The summed E-state index contributed by atoms with van der Waals surface area (Å²) in [6.45, 7) is 3.58. The van der Waals surface area contributed by atoms with Crippen molar-refractivity contribution >= 4 is 17.9 Å². The molecule has 55 heavy (non-hydrogen) atoms. The second-order valence-electron chi connectivity index (χ2n) is 13.5. The molecule has 5 aromatic rings. The van der Waals surface area contributed by atoms with Gasteiger partial charge < -0.3 is 30.5 Å². The van der Waals surface area contributed by atoms with Crippen LogP contribution in [-0.2, 0) is 34.0 Å². The van der Waals surface area contributed by atoms with E-state index in [1.165, 1.54) is 0 Å². The van der Waals surface area contributed by atoms with Gasteiger partial charge in [0.25, 0.3) is 5.91 Å².